The summed E-state index contributed by atoms with van der Waals surface area (Å²) in [7, 11) is 0. The summed E-state index contributed by atoms with van der Waals surface area (Å²) in [5.74, 6) is -0.117. The number of nitrogens with one attached hydrogen (secondary N) is 2. The predicted octanol–water partition coefficient (Wildman–Crippen LogP) is 2.86. The van der Waals surface area contributed by atoms with Crippen LogP contribution in [0, 0.1) is 6.92 Å². The van der Waals surface area contributed by atoms with Crippen molar-refractivity contribution in [3.63, 3.8) is 0 Å². The third-order valence-electron chi connectivity index (χ3n) is 3.25. The minimum absolute atomic E-state index is 0.352. The van der Waals surface area contributed by atoms with Crippen LogP contribution in [0.4, 0.5) is 0 Å². The second kappa shape index (κ2) is 7.98. The quantitative estimate of drug-likeness (QED) is 0.834. The van der Waals surface area contributed by atoms with Gasteiger partial charge in [-0.2, -0.15) is 0 Å². The van der Waals surface area contributed by atoms with Crippen LogP contribution in [-0.4, -0.2) is 18.4 Å². The van der Waals surface area contributed by atoms with Gasteiger partial charge in [-0.1, -0.05) is 31.2 Å². The normalized spacial score (nSPS) is 10.0. The third kappa shape index (κ3) is 4.57. The van der Waals surface area contributed by atoms with Gasteiger partial charge in [0.1, 0.15) is 5.75 Å². The van der Waals surface area contributed by atoms with E-state index in [1.54, 1.807) is 36.4 Å². The maximum absolute atomic E-state index is 12.1. The highest BCUT2D eigenvalue weighted by molar-refractivity contribution is 5.99. The van der Waals surface area contributed by atoms with Crippen molar-refractivity contribution in [3.05, 3.63) is 65.2 Å². The van der Waals surface area contributed by atoms with Crippen molar-refractivity contribution in [1.29, 1.82) is 0 Å². The van der Waals surface area contributed by atoms with Crippen LogP contribution in [0.3, 0.4) is 0 Å². The number of hydrazine groups is 1. The molecule has 2 amide bonds. The average Bonchev–Trinajstić information content (AvgIpc) is 2.58. The Balaban J connectivity index is 1.97. The maximum atomic E-state index is 12.1. The van der Waals surface area contributed by atoms with Crippen LogP contribution >= 0.6 is 0 Å². The lowest BCUT2D eigenvalue weighted by Crippen LogP contribution is -2.41. The lowest BCUT2D eigenvalue weighted by molar-refractivity contribution is 0.0846. The molecule has 5 heteroatoms. The molecule has 0 aliphatic heterocycles. The molecule has 2 aromatic carbocycles. The van der Waals surface area contributed by atoms with Crippen LogP contribution in [0.1, 0.15) is 39.6 Å². The molecule has 0 saturated carbocycles. The molecule has 0 aliphatic rings. The Bertz CT molecular complexity index is 698. The van der Waals surface area contributed by atoms with E-state index in [-0.39, 0.29) is 5.91 Å². The first kappa shape index (κ1) is 16.5. The number of aryl methyl sites for hydroxylation is 1. The zero-order valence-electron chi connectivity index (χ0n) is 13.3. The van der Waals surface area contributed by atoms with Crippen molar-refractivity contribution in [3.8, 4) is 5.75 Å². The zero-order valence-corrected chi connectivity index (χ0v) is 13.3. The minimum Gasteiger partial charge on any atom is -0.494 e. The van der Waals surface area contributed by atoms with E-state index < -0.39 is 5.91 Å². The van der Waals surface area contributed by atoms with Gasteiger partial charge in [-0.15, -0.1) is 0 Å². The summed E-state index contributed by atoms with van der Waals surface area (Å²) in [6, 6.07) is 14.0. The second-order valence-corrected chi connectivity index (χ2v) is 5.10. The molecule has 0 aliphatic carbocycles. The van der Waals surface area contributed by atoms with Crippen molar-refractivity contribution < 1.29 is 14.3 Å². The van der Waals surface area contributed by atoms with E-state index in [9.17, 15) is 9.59 Å². The number of benzene rings is 2. The molecule has 0 unspecified atom stereocenters. The number of hydrogen-bond donors (Lipinski definition) is 2. The first-order chi connectivity index (χ1) is 11.1. The molecule has 2 N–H and O–H groups in total. The number of amides is 2. The molecule has 23 heavy (non-hydrogen) atoms. The van der Waals surface area contributed by atoms with E-state index in [2.05, 4.69) is 10.9 Å². The number of ether oxygens (including phenoxy) is 1. The Morgan fingerprint density at radius 1 is 1.00 bits per heavy atom. The molecule has 0 atom stereocenters. The molecular formula is C18H20N2O3. The molecule has 0 saturated heterocycles. The molecule has 0 radical (unpaired) electrons. The number of rotatable bonds is 5. The summed E-state index contributed by atoms with van der Waals surface area (Å²) in [6.45, 7) is 4.44. The van der Waals surface area contributed by atoms with Gasteiger partial charge in [0.15, 0.2) is 0 Å². The van der Waals surface area contributed by atoms with Gasteiger partial charge < -0.3 is 4.74 Å². The van der Waals surface area contributed by atoms with Gasteiger partial charge in [0.2, 0.25) is 0 Å². The Hall–Kier alpha value is -2.82. The van der Waals surface area contributed by atoms with Crippen molar-refractivity contribution >= 4 is 11.8 Å². The van der Waals surface area contributed by atoms with Crippen LogP contribution in [0.5, 0.6) is 5.75 Å². The Morgan fingerprint density at radius 3 is 2.48 bits per heavy atom. The lowest BCUT2D eigenvalue weighted by Gasteiger charge is -2.10. The highest BCUT2D eigenvalue weighted by Crippen LogP contribution is 2.13. The maximum Gasteiger partial charge on any atom is 0.269 e. The average molecular weight is 312 g/mol. The molecular weight excluding hydrogens is 292 g/mol. The Kier molecular flexibility index (Phi) is 5.74. The highest BCUT2D eigenvalue weighted by atomic mass is 16.5. The predicted molar refractivity (Wildman–Crippen MR) is 88.3 cm³/mol. The summed E-state index contributed by atoms with van der Waals surface area (Å²) in [5, 5.41) is 0. The van der Waals surface area contributed by atoms with Crippen molar-refractivity contribution in [2.45, 2.75) is 20.3 Å². The van der Waals surface area contributed by atoms with Crippen LogP contribution < -0.4 is 15.6 Å². The SMILES string of the molecule is CCCOc1cccc(C(=O)NNC(=O)c2ccccc2C)c1. The van der Waals surface area contributed by atoms with Crippen molar-refractivity contribution in [2.24, 2.45) is 0 Å². The molecule has 0 spiro atoms. The Morgan fingerprint density at radius 2 is 1.74 bits per heavy atom. The van der Waals surface area contributed by atoms with Gasteiger partial charge in [-0.05, 0) is 43.2 Å². The van der Waals surface area contributed by atoms with Gasteiger partial charge in [-0.25, -0.2) is 0 Å². The third-order valence-corrected chi connectivity index (χ3v) is 3.25. The molecule has 2 rings (SSSR count). The molecule has 2 aromatic rings. The minimum atomic E-state index is -0.395. The summed E-state index contributed by atoms with van der Waals surface area (Å²) in [4.78, 5) is 24.2. The van der Waals surface area contributed by atoms with E-state index in [1.807, 2.05) is 26.0 Å². The molecule has 5 nitrogen and oxygen atoms in total. The number of carbonyl (C=O) groups excluding carboxylic acids is 2. The molecule has 0 heterocycles. The lowest BCUT2D eigenvalue weighted by atomic mass is 10.1. The summed E-state index contributed by atoms with van der Waals surface area (Å²) in [5.41, 5.74) is 6.62. The zero-order chi connectivity index (χ0) is 16.7. The van der Waals surface area contributed by atoms with E-state index in [1.165, 1.54) is 0 Å². The summed E-state index contributed by atoms with van der Waals surface area (Å²) in [6.07, 6.45) is 0.892. The van der Waals surface area contributed by atoms with Crippen molar-refractivity contribution in [2.75, 3.05) is 6.61 Å². The van der Waals surface area contributed by atoms with Crippen LogP contribution in [0.25, 0.3) is 0 Å². The first-order valence-electron chi connectivity index (χ1n) is 7.51. The molecule has 0 aromatic heterocycles. The fraction of sp³-hybridized carbons (Fsp3) is 0.222. The van der Waals surface area contributed by atoms with Gasteiger partial charge in [0.05, 0.1) is 6.61 Å². The van der Waals surface area contributed by atoms with Crippen LogP contribution in [0.2, 0.25) is 0 Å². The number of hydrogen-bond acceptors (Lipinski definition) is 3. The van der Waals surface area contributed by atoms with Gasteiger partial charge in [0.25, 0.3) is 11.8 Å². The monoisotopic (exact) mass is 312 g/mol. The highest BCUT2D eigenvalue weighted by Gasteiger charge is 2.11. The van der Waals surface area contributed by atoms with Gasteiger partial charge >= 0.3 is 0 Å². The largest absolute Gasteiger partial charge is 0.494 e. The van der Waals surface area contributed by atoms with Gasteiger partial charge in [-0.3, -0.25) is 20.4 Å². The smallest absolute Gasteiger partial charge is 0.269 e. The van der Waals surface area contributed by atoms with E-state index in [0.29, 0.717) is 23.5 Å². The fourth-order valence-corrected chi connectivity index (χ4v) is 2.03. The Labute approximate surface area is 135 Å². The second-order valence-electron chi connectivity index (χ2n) is 5.10. The van der Waals surface area contributed by atoms with E-state index in [0.717, 1.165) is 12.0 Å². The van der Waals surface area contributed by atoms with Gasteiger partial charge in [0, 0.05) is 11.1 Å². The fourth-order valence-electron chi connectivity index (χ4n) is 2.03. The summed E-state index contributed by atoms with van der Waals surface area (Å²) < 4.78 is 5.49. The topological polar surface area (TPSA) is 67.4 Å². The first-order valence-corrected chi connectivity index (χ1v) is 7.51. The molecule has 0 bridgehead atoms. The van der Waals surface area contributed by atoms with Crippen LogP contribution in [0.15, 0.2) is 48.5 Å². The molecule has 120 valence electrons. The standard InChI is InChI=1S/C18H20N2O3/c1-3-11-23-15-9-6-8-14(12-15)17(21)19-20-18(22)16-10-5-4-7-13(16)2/h4-10,12H,3,11H2,1-2H3,(H,19,21)(H,20,22). The summed E-state index contributed by atoms with van der Waals surface area (Å²) >= 11 is 0. The van der Waals surface area contributed by atoms with Crippen molar-refractivity contribution in [1.82, 2.24) is 10.9 Å². The van der Waals surface area contributed by atoms with E-state index in [4.69, 9.17) is 4.74 Å². The van der Waals surface area contributed by atoms with E-state index >= 15 is 0 Å². The molecule has 0 fully saturated rings. The van der Waals surface area contributed by atoms with Crippen LogP contribution in [-0.2, 0) is 0 Å². The number of carbonyl (C=O) groups is 2.